The van der Waals surface area contributed by atoms with Crippen LogP contribution in [0.15, 0.2) is 18.5 Å². The maximum absolute atomic E-state index is 12.3. The van der Waals surface area contributed by atoms with E-state index in [2.05, 4.69) is 16.4 Å². The average molecular weight is 246 g/mol. The van der Waals surface area contributed by atoms with E-state index < -0.39 is 0 Å². The predicted octanol–water partition coefficient (Wildman–Crippen LogP) is 1.89. The Morgan fingerprint density at radius 1 is 1.56 bits per heavy atom. The second kappa shape index (κ2) is 7.28. The molecule has 0 spiro atoms. The number of nitrogens with one attached hydrogen (secondary N) is 1. The van der Waals surface area contributed by atoms with Crippen LogP contribution >= 0.6 is 0 Å². The van der Waals surface area contributed by atoms with Crippen LogP contribution in [0.1, 0.15) is 30.6 Å². The third-order valence-electron chi connectivity index (χ3n) is 2.58. The van der Waals surface area contributed by atoms with Gasteiger partial charge in [0.25, 0.3) is 5.91 Å². The Morgan fingerprint density at radius 3 is 2.94 bits per heavy atom. The number of carbonyl (C=O) groups is 1. The van der Waals surface area contributed by atoms with E-state index in [1.807, 2.05) is 13.8 Å². The summed E-state index contributed by atoms with van der Waals surface area (Å²) in [6.45, 7) is 5.66. The molecule has 1 aromatic rings. The standard InChI is InChI=1S/C13H18N4O/c1-3-16-12-10-15-8-6-11(12)13(18)17(4-2)9-5-7-14/h6,8,10,16H,3-5,9H2,1-2H3. The van der Waals surface area contributed by atoms with Gasteiger partial charge in [-0.05, 0) is 19.9 Å². The van der Waals surface area contributed by atoms with Gasteiger partial charge in [0.05, 0.1) is 29.9 Å². The molecule has 0 aromatic carbocycles. The zero-order chi connectivity index (χ0) is 13.4. The summed E-state index contributed by atoms with van der Waals surface area (Å²) in [5.41, 5.74) is 1.34. The number of pyridine rings is 1. The van der Waals surface area contributed by atoms with Crippen LogP contribution in [0.3, 0.4) is 0 Å². The minimum absolute atomic E-state index is 0.0638. The van der Waals surface area contributed by atoms with Crippen molar-refractivity contribution in [3.8, 4) is 6.07 Å². The summed E-state index contributed by atoms with van der Waals surface area (Å²) in [4.78, 5) is 18.0. The van der Waals surface area contributed by atoms with Crippen LogP contribution in [0, 0.1) is 11.3 Å². The monoisotopic (exact) mass is 246 g/mol. The molecule has 0 unspecified atom stereocenters. The minimum Gasteiger partial charge on any atom is -0.383 e. The van der Waals surface area contributed by atoms with Crippen molar-refractivity contribution in [3.63, 3.8) is 0 Å². The van der Waals surface area contributed by atoms with Gasteiger partial charge in [-0.15, -0.1) is 0 Å². The van der Waals surface area contributed by atoms with Crippen molar-refractivity contribution in [2.24, 2.45) is 0 Å². The molecule has 0 aliphatic heterocycles. The Morgan fingerprint density at radius 2 is 2.33 bits per heavy atom. The summed E-state index contributed by atoms with van der Waals surface area (Å²) in [6.07, 6.45) is 3.60. The second-order valence-electron chi connectivity index (χ2n) is 3.74. The first-order chi connectivity index (χ1) is 8.74. The van der Waals surface area contributed by atoms with Crippen molar-refractivity contribution in [3.05, 3.63) is 24.0 Å². The third kappa shape index (κ3) is 3.45. The van der Waals surface area contributed by atoms with Crippen LogP contribution in [-0.2, 0) is 0 Å². The first kappa shape index (κ1) is 14.0. The van der Waals surface area contributed by atoms with E-state index >= 15 is 0 Å². The lowest BCUT2D eigenvalue weighted by molar-refractivity contribution is 0.0768. The van der Waals surface area contributed by atoms with Crippen LogP contribution < -0.4 is 5.32 Å². The highest BCUT2D eigenvalue weighted by molar-refractivity contribution is 5.99. The smallest absolute Gasteiger partial charge is 0.256 e. The van der Waals surface area contributed by atoms with Gasteiger partial charge in [-0.2, -0.15) is 5.26 Å². The Labute approximate surface area is 107 Å². The van der Waals surface area contributed by atoms with Gasteiger partial charge in [0.15, 0.2) is 0 Å². The maximum atomic E-state index is 12.3. The average Bonchev–Trinajstić information content (AvgIpc) is 2.40. The molecular formula is C13H18N4O. The fourth-order valence-corrected chi connectivity index (χ4v) is 1.67. The van der Waals surface area contributed by atoms with Crippen LogP contribution in [0.5, 0.6) is 0 Å². The van der Waals surface area contributed by atoms with Crippen molar-refractivity contribution < 1.29 is 4.79 Å². The molecule has 0 radical (unpaired) electrons. The van der Waals surface area contributed by atoms with Crippen molar-refractivity contribution >= 4 is 11.6 Å². The normalized spacial score (nSPS) is 9.61. The fraction of sp³-hybridized carbons (Fsp3) is 0.462. The molecule has 0 atom stereocenters. The van der Waals surface area contributed by atoms with E-state index in [0.29, 0.717) is 25.1 Å². The first-order valence-corrected chi connectivity index (χ1v) is 6.08. The van der Waals surface area contributed by atoms with Gasteiger partial charge in [-0.3, -0.25) is 9.78 Å². The highest BCUT2D eigenvalue weighted by Crippen LogP contribution is 2.15. The summed E-state index contributed by atoms with van der Waals surface area (Å²) >= 11 is 0. The second-order valence-corrected chi connectivity index (χ2v) is 3.74. The van der Waals surface area contributed by atoms with Crippen LogP contribution in [0.4, 0.5) is 5.69 Å². The van der Waals surface area contributed by atoms with Gasteiger partial charge in [0, 0.05) is 25.8 Å². The van der Waals surface area contributed by atoms with Crippen molar-refractivity contribution in [1.29, 1.82) is 5.26 Å². The van der Waals surface area contributed by atoms with E-state index in [9.17, 15) is 4.79 Å². The van der Waals surface area contributed by atoms with Crippen LogP contribution in [0.25, 0.3) is 0 Å². The summed E-state index contributed by atoms with van der Waals surface area (Å²) in [5, 5.41) is 11.7. The lowest BCUT2D eigenvalue weighted by Gasteiger charge is -2.21. The lowest BCUT2D eigenvalue weighted by Crippen LogP contribution is -2.32. The van der Waals surface area contributed by atoms with E-state index in [-0.39, 0.29) is 5.91 Å². The maximum Gasteiger partial charge on any atom is 0.256 e. The molecule has 5 nitrogen and oxygen atoms in total. The molecule has 1 N–H and O–H groups in total. The Bertz CT molecular complexity index is 439. The lowest BCUT2D eigenvalue weighted by atomic mass is 10.2. The number of anilines is 1. The highest BCUT2D eigenvalue weighted by Gasteiger charge is 2.17. The fourth-order valence-electron chi connectivity index (χ4n) is 1.67. The Hall–Kier alpha value is -2.09. The molecule has 1 amide bonds. The van der Waals surface area contributed by atoms with Gasteiger partial charge in [-0.1, -0.05) is 0 Å². The summed E-state index contributed by atoms with van der Waals surface area (Å²) in [5.74, 6) is -0.0638. The third-order valence-corrected chi connectivity index (χ3v) is 2.58. The highest BCUT2D eigenvalue weighted by atomic mass is 16.2. The van der Waals surface area contributed by atoms with Gasteiger partial charge >= 0.3 is 0 Å². The molecule has 0 aliphatic rings. The molecule has 0 fully saturated rings. The van der Waals surface area contributed by atoms with E-state index in [0.717, 1.165) is 12.2 Å². The predicted molar refractivity (Wildman–Crippen MR) is 70.2 cm³/mol. The van der Waals surface area contributed by atoms with Crippen molar-refractivity contribution in [2.45, 2.75) is 20.3 Å². The number of aromatic nitrogens is 1. The molecule has 0 saturated heterocycles. The molecule has 18 heavy (non-hydrogen) atoms. The SMILES string of the molecule is CCNc1cnccc1C(=O)N(CC)CCC#N. The number of hydrogen-bond acceptors (Lipinski definition) is 4. The molecule has 0 aliphatic carbocycles. The number of hydrogen-bond donors (Lipinski definition) is 1. The quantitative estimate of drug-likeness (QED) is 0.832. The molecular weight excluding hydrogens is 228 g/mol. The van der Waals surface area contributed by atoms with E-state index in [4.69, 9.17) is 5.26 Å². The van der Waals surface area contributed by atoms with Gasteiger partial charge in [0.2, 0.25) is 0 Å². The first-order valence-electron chi connectivity index (χ1n) is 6.08. The Balaban J connectivity index is 2.91. The zero-order valence-electron chi connectivity index (χ0n) is 10.8. The largest absolute Gasteiger partial charge is 0.383 e. The van der Waals surface area contributed by atoms with Gasteiger partial charge < -0.3 is 10.2 Å². The summed E-state index contributed by atoms with van der Waals surface area (Å²) < 4.78 is 0. The summed E-state index contributed by atoms with van der Waals surface area (Å²) in [6, 6.07) is 3.76. The number of amides is 1. The number of carbonyl (C=O) groups excluding carboxylic acids is 1. The Kier molecular flexibility index (Phi) is 5.65. The molecule has 1 heterocycles. The van der Waals surface area contributed by atoms with Crippen molar-refractivity contribution in [1.82, 2.24) is 9.88 Å². The summed E-state index contributed by atoms with van der Waals surface area (Å²) in [7, 11) is 0. The van der Waals surface area contributed by atoms with Gasteiger partial charge in [-0.25, -0.2) is 0 Å². The van der Waals surface area contributed by atoms with Crippen LogP contribution in [-0.4, -0.2) is 35.4 Å². The van der Waals surface area contributed by atoms with Crippen LogP contribution in [0.2, 0.25) is 0 Å². The van der Waals surface area contributed by atoms with Crippen molar-refractivity contribution in [2.75, 3.05) is 25.0 Å². The number of nitrogens with zero attached hydrogens (tertiary/aromatic N) is 3. The zero-order valence-corrected chi connectivity index (χ0v) is 10.8. The molecule has 96 valence electrons. The molecule has 1 aromatic heterocycles. The topological polar surface area (TPSA) is 69.0 Å². The minimum atomic E-state index is -0.0638. The van der Waals surface area contributed by atoms with Gasteiger partial charge in [0.1, 0.15) is 0 Å². The number of nitriles is 1. The molecule has 5 heteroatoms. The van der Waals surface area contributed by atoms with E-state index in [1.165, 1.54) is 0 Å². The van der Waals surface area contributed by atoms with E-state index in [1.54, 1.807) is 23.4 Å². The molecule has 0 bridgehead atoms. The number of rotatable bonds is 6. The molecule has 1 rings (SSSR count). The molecule has 0 saturated carbocycles.